The Bertz CT molecular complexity index is 1740. The van der Waals surface area contributed by atoms with E-state index in [1.165, 1.54) is 24.8 Å². The third kappa shape index (κ3) is 9.82. The number of allylic oxidation sites excluding steroid dienone is 2. The van der Waals surface area contributed by atoms with Gasteiger partial charge in [-0.05, 0) is 83.7 Å². The molecule has 11 heteroatoms. The first-order chi connectivity index (χ1) is 22.2. The zero-order chi connectivity index (χ0) is 34.9. The molecular weight excluding hydrogens is 620 g/mol. The van der Waals surface area contributed by atoms with Crippen molar-refractivity contribution in [3.63, 3.8) is 0 Å². The molecule has 4 aromatic rings. The van der Waals surface area contributed by atoms with E-state index in [1.807, 2.05) is 18.2 Å². The van der Waals surface area contributed by atoms with Gasteiger partial charge in [0.25, 0.3) is 0 Å². The number of aromatic nitrogens is 2. The number of benzene rings is 3. The fourth-order valence-electron chi connectivity index (χ4n) is 4.19. The van der Waals surface area contributed by atoms with E-state index in [-0.39, 0.29) is 22.8 Å². The Morgan fingerprint density at radius 2 is 1.66 bits per heavy atom. The molecule has 1 atom stereocenters. The Morgan fingerprint density at radius 1 is 1.04 bits per heavy atom. The van der Waals surface area contributed by atoms with E-state index in [1.54, 1.807) is 36.5 Å². The van der Waals surface area contributed by atoms with Gasteiger partial charge in [0.05, 0.1) is 11.4 Å². The lowest BCUT2D eigenvalue weighted by atomic mass is 9.88. The zero-order valence-electron chi connectivity index (χ0n) is 27.4. The fourth-order valence-corrected chi connectivity index (χ4v) is 5.38. The van der Waals surface area contributed by atoms with Crippen molar-refractivity contribution in [3.05, 3.63) is 119 Å². The summed E-state index contributed by atoms with van der Waals surface area (Å²) >= 11 is 1.51. The molecule has 0 aliphatic carbocycles. The van der Waals surface area contributed by atoms with Crippen LogP contribution in [0.5, 0.6) is 0 Å². The summed E-state index contributed by atoms with van der Waals surface area (Å²) in [6.07, 6.45) is 2.48. The number of ketones is 1. The molecular formula is C36H39BF3N4O2S. The smallest absolute Gasteiger partial charge is 0.332 e. The Labute approximate surface area is 279 Å². The minimum absolute atomic E-state index is 0.00188. The molecule has 3 aromatic carbocycles. The van der Waals surface area contributed by atoms with Crippen LogP contribution >= 0.6 is 11.8 Å². The van der Waals surface area contributed by atoms with Gasteiger partial charge in [-0.3, -0.25) is 4.79 Å². The molecule has 1 radical (unpaired) electrons. The molecule has 47 heavy (non-hydrogen) atoms. The van der Waals surface area contributed by atoms with Gasteiger partial charge in [-0.15, -0.1) is 0 Å². The summed E-state index contributed by atoms with van der Waals surface area (Å²) in [6, 6.07) is 17.5. The number of rotatable bonds is 10. The van der Waals surface area contributed by atoms with Crippen LogP contribution < -0.4 is 16.5 Å². The SMILES string of the molecule is C=C(S/C(=C(/c1cccc(N)c1F)C(C)CC)c1ccnc(Nc2ccc(C(C)=O)cc2)n1)C(C)(C)C.O[B]c1c(F)cccc1F. The number of nitrogen functional groups attached to an aromatic ring is 1. The van der Waals surface area contributed by atoms with Gasteiger partial charge >= 0.3 is 7.48 Å². The summed E-state index contributed by atoms with van der Waals surface area (Å²) in [6.45, 7) is 16.3. The molecule has 0 aliphatic rings. The number of nitrogens with zero attached hydrogens (tertiary/aromatic N) is 2. The van der Waals surface area contributed by atoms with Crippen molar-refractivity contribution in [1.82, 2.24) is 9.97 Å². The van der Waals surface area contributed by atoms with Gasteiger partial charge in [-0.1, -0.05) is 71.2 Å². The number of nitrogens with two attached hydrogens (primary N) is 1. The lowest BCUT2D eigenvalue weighted by Gasteiger charge is -2.26. The monoisotopic (exact) mass is 659 g/mol. The normalized spacial score (nSPS) is 12.3. The van der Waals surface area contributed by atoms with E-state index >= 15 is 4.39 Å². The molecule has 1 heterocycles. The summed E-state index contributed by atoms with van der Waals surface area (Å²) in [5.41, 5.74) is 8.83. The van der Waals surface area contributed by atoms with Gasteiger partial charge in [0.1, 0.15) is 11.6 Å². The highest BCUT2D eigenvalue weighted by Gasteiger charge is 2.26. The predicted octanol–water partition coefficient (Wildman–Crippen LogP) is 8.55. The summed E-state index contributed by atoms with van der Waals surface area (Å²) < 4.78 is 40.2. The van der Waals surface area contributed by atoms with Gasteiger partial charge in [0.15, 0.2) is 11.6 Å². The molecule has 0 spiro atoms. The van der Waals surface area contributed by atoms with Crippen LogP contribution in [0.2, 0.25) is 0 Å². The van der Waals surface area contributed by atoms with Crippen molar-refractivity contribution >= 4 is 58.3 Å². The number of hydrogen-bond acceptors (Lipinski definition) is 7. The van der Waals surface area contributed by atoms with Crippen LogP contribution in [0.1, 0.15) is 69.6 Å². The van der Waals surface area contributed by atoms with E-state index in [0.29, 0.717) is 30.3 Å². The first-order valence-corrected chi connectivity index (χ1v) is 15.8. The average Bonchev–Trinajstić information content (AvgIpc) is 3.02. The van der Waals surface area contributed by atoms with Gasteiger partial charge in [0, 0.05) is 33.4 Å². The second-order valence-corrected chi connectivity index (χ2v) is 12.9. The average molecular weight is 660 g/mol. The molecule has 1 unspecified atom stereocenters. The number of nitrogens with one attached hydrogen (secondary N) is 1. The van der Waals surface area contributed by atoms with E-state index in [0.717, 1.165) is 39.6 Å². The van der Waals surface area contributed by atoms with Crippen LogP contribution in [0.4, 0.5) is 30.5 Å². The van der Waals surface area contributed by atoms with Crippen molar-refractivity contribution < 1.29 is 23.0 Å². The molecule has 0 aliphatic heterocycles. The van der Waals surface area contributed by atoms with Gasteiger partial charge in [-0.2, -0.15) is 0 Å². The predicted molar refractivity (Wildman–Crippen MR) is 189 cm³/mol. The number of Topliss-reactive ketones (excluding diaryl/α,β-unsaturated/α-hetero) is 1. The number of thioether (sulfide) groups is 1. The van der Waals surface area contributed by atoms with Crippen LogP contribution in [-0.2, 0) is 0 Å². The number of carbonyl (C=O) groups excluding carboxylic acids is 1. The van der Waals surface area contributed by atoms with Crippen LogP contribution in [0.25, 0.3) is 10.5 Å². The van der Waals surface area contributed by atoms with E-state index < -0.39 is 22.9 Å². The van der Waals surface area contributed by atoms with E-state index in [4.69, 9.17) is 15.7 Å². The highest BCUT2D eigenvalue weighted by molar-refractivity contribution is 8.12. The van der Waals surface area contributed by atoms with Crippen LogP contribution in [0.3, 0.4) is 0 Å². The Balaban J connectivity index is 0.000000511. The van der Waals surface area contributed by atoms with Crippen molar-refractivity contribution in [2.24, 2.45) is 11.3 Å². The second-order valence-electron chi connectivity index (χ2n) is 11.8. The van der Waals surface area contributed by atoms with Crippen molar-refractivity contribution in [3.8, 4) is 0 Å². The zero-order valence-corrected chi connectivity index (χ0v) is 28.2. The maximum Gasteiger partial charge on any atom is 0.332 e. The lowest BCUT2D eigenvalue weighted by molar-refractivity contribution is 0.101. The van der Waals surface area contributed by atoms with Gasteiger partial charge in [-0.25, -0.2) is 23.1 Å². The molecule has 0 saturated heterocycles. The van der Waals surface area contributed by atoms with E-state index in [9.17, 15) is 13.6 Å². The largest absolute Gasteiger partial charge is 0.450 e. The van der Waals surface area contributed by atoms with Crippen LogP contribution in [0.15, 0.2) is 84.4 Å². The molecule has 6 nitrogen and oxygen atoms in total. The van der Waals surface area contributed by atoms with Gasteiger partial charge < -0.3 is 16.1 Å². The Hall–Kier alpha value is -4.35. The minimum Gasteiger partial charge on any atom is -0.450 e. The fraction of sp³-hybridized carbons (Fsp3) is 0.250. The molecule has 245 valence electrons. The Kier molecular flexibility index (Phi) is 13.0. The number of anilines is 3. The standard InChI is InChI=1S/C30H35FN4OS.C6H4BF2O/c1-8-18(2)26(23-10-9-11-24(32)27(23)31)28(37-20(4)30(5,6)7)25-16-17-33-29(35-25)34-22-14-12-21(13-15-22)19(3)36;8-4-2-1-3-5(9)6(4)7-10/h9-18H,4,8,32H2,1-3,5-7H3,(H,33,34,35);1-3,10H/b28-26+;. The molecule has 0 amide bonds. The number of carbonyl (C=O) groups is 1. The number of hydrogen-bond donors (Lipinski definition) is 3. The first-order valence-electron chi connectivity index (χ1n) is 15.0. The molecule has 4 rings (SSSR count). The number of halogens is 3. The van der Waals surface area contributed by atoms with Crippen molar-refractivity contribution in [1.29, 1.82) is 0 Å². The van der Waals surface area contributed by atoms with Crippen molar-refractivity contribution in [2.75, 3.05) is 11.1 Å². The quantitative estimate of drug-likeness (QED) is 0.0891. The summed E-state index contributed by atoms with van der Waals surface area (Å²) in [5, 5.41) is 11.5. The lowest BCUT2D eigenvalue weighted by Crippen LogP contribution is -2.21. The van der Waals surface area contributed by atoms with Crippen LogP contribution in [0, 0.1) is 28.8 Å². The highest BCUT2D eigenvalue weighted by atomic mass is 32.2. The summed E-state index contributed by atoms with van der Waals surface area (Å²) in [4.78, 5) is 22.6. The third-order valence-electron chi connectivity index (χ3n) is 7.29. The second kappa shape index (κ2) is 16.5. The molecule has 0 fully saturated rings. The van der Waals surface area contributed by atoms with E-state index in [2.05, 4.69) is 51.5 Å². The maximum absolute atomic E-state index is 15.4. The highest BCUT2D eigenvalue weighted by Crippen LogP contribution is 2.47. The summed E-state index contributed by atoms with van der Waals surface area (Å²) in [5.74, 6) is -1.54. The van der Waals surface area contributed by atoms with Crippen LogP contribution in [-0.4, -0.2) is 28.3 Å². The molecule has 0 bridgehead atoms. The minimum atomic E-state index is -0.762. The molecule has 0 saturated carbocycles. The van der Waals surface area contributed by atoms with Gasteiger partial charge in [0.2, 0.25) is 5.95 Å². The summed E-state index contributed by atoms with van der Waals surface area (Å²) in [7, 11) is 0.407. The molecule has 1 aromatic heterocycles. The molecule has 4 N–H and O–H groups in total. The Morgan fingerprint density at radius 3 is 2.19 bits per heavy atom. The topological polar surface area (TPSA) is 101 Å². The maximum atomic E-state index is 15.4. The van der Waals surface area contributed by atoms with Crippen molar-refractivity contribution in [2.45, 2.75) is 48.0 Å². The third-order valence-corrected chi connectivity index (χ3v) is 8.79. The first kappa shape index (κ1) is 37.1.